The Balaban J connectivity index is 2.22. The standard InChI is InChI=1S/C17H25NO5S/c1-2-9-22-10-12-24-11-8-15(16(19)20)18-17(21)23-13-14-6-4-3-5-7-14/h3-7,15H,2,8-13H2,1H3,(H,18,21)(H,19,20). The van der Waals surface area contributed by atoms with Crippen LogP contribution in [0.25, 0.3) is 0 Å². The maximum Gasteiger partial charge on any atom is 0.408 e. The molecule has 0 bridgehead atoms. The third kappa shape index (κ3) is 9.42. The summed E-state index contributed by atoms with van der Waals surface area (Å²) in [5.41, 5.74) is 0.849. The van der Waals surface area contributed by atoms with Gasteiger partial charge >= 0.3 is 12.1 Å². The summed E-state index contributed by atoms with van der Waals surface area (Å²) in [6.45, 7) is 3.56. The van der Waals surface area contributed by atoms with Gasteiger partial charge in [-0.3, -0.25) is 0 Å². The molecule has 1 amide bonds. The lowest BCUT2D eigenvalue weighted by molar-refractivity contribution is -0.139. The van der Waals surface area contributed by atoms with Crippen LogP contribution in [0.2, 0.25) is 0 Å². The fraction of sp³-hybridized carbons (Fsp3) is 0.529. The van der Waals surface area contributed by atoms with E-state index in [1.807, 2.05) is 37.3 Å². The fourth-order valence-corrected chi connectivity index (χ4v) is 2.67. The molecule has 0 heterocycles. The Morgan fingerprint density at radius 2 is 1.96 bits per heavy atom. The molecule has 0 fully saturated rings. The number of benzene rings is 1. The van der Waals surface area contributed by atoms with Crippen molar-refractivity contribution in [2.24, 2.45) is 0 Å². The van der Waals surface area contributed by atoms with Crippen molar-refractivity contribution in [3.05, 3.63) is 35.9 Å². The predicted octanol–water partition coefficient (Wildman–Crippen LogP) is 2.92. The predicted molar refractivity (Wildman–Crippen MR) is 94.2 cm³/mol. The summed E-state index contributed by atoms with van der Waals surface area (Å²) >= 11 is 1.61. The van der Waals surface area contributed by atoms with Crippen LogP contribution < -0.4 is 5.32 Å². The van der Waals surface area contributed by atoms with E-state index in [0.29, 0.717) is 18.8 Å². The van der Waals surface area contributed by atoms with E-state index in [1.54, 1.807) is 11.8 Å². The highest BCUT2D eigenvalue weighted by Crippen LogP contribution is 2.06. The number of rotatable bonds is 12. The number of carbonyl (C=O) groups is 2. The number of amides is 1. The minimum atomic E-state index is -1.06. The fourth-order valence-electron chi connectivity index (χ4n) is 1.83. The van der Waals surface area contributed by atoms with Gasteiger partial charge in [-0.2, -0.15) is 11.8 Å². The number of hydrogen-bond acceptors (Lipinski definition) is 5. The van der Waals surface area contributed by atoms with Gasteiger partial charge in [-0.25, -0.2) is 9.59 Å². The molecule has 7 heteroatoms. The van der Waals surface area contributed by atoms with Crippen molar-refractivity contribution in [3.8, 4) is 0 Å². The van der Waals surface area contributed by atoms with E-state index in [2.05, 4.69) is 5.32 Å². The number of alkyl carbamates (subject to hydrolysis) is 1. The highest BCUT2D eigenvalue weighted by atomic mass is 32.2. The SMILES string of the molecule is CCCOCCSCCC(NC(=O)OCc1ccccc1)C(=O)O. The Bertz CT molecular complexity index is 483. The van der Waals surface area contributed by atoms with Gasteiger partial charge in [0, 0.05) is 12.4 Å². The molecule has 0 aliphatic rings. The van der Waals surface area contributed by atoms with Crippen molar-refractivity contribution in [1.29, 1.82) is 0 Å². The molecule has 0 aliphatic carbocycles. The van der Waals surface area contributed by atoms with Crippen LogP contribution in [0.15, 0.2) is 30.3 Å². The van der Waals surface area contributed by atoms with Gasteiger partial charge in [0.25, 0.3) is 0 Å². The van der Waals surface area contributed by atoms with Crippen LogP contribution in [0, 0.1) is 0 Å². The molecule has 1 atom stereocenters. The number of carboxylic acids is 1. The third-order valence-electron chi connectivity index (χ3n) is 3.07. The first kappa shape index (κ1) is 20.3. The quantitative estimate of drug-likeness (QED) is 0.561. The van der Waals surface area contributed by atoms with E-state index >= 15 is 0 Å². The summed E-state index contributed by atoms with van der Waals surface area (Å²) < 4.78 is 10.4. The van der Waals surface area contributed by atoms with Gasteiger partial charge in [0.15, 0.2) is 0 Å². The molecule has 24 heavy (non-hydrogen) atoms. The highest BCUT2D eigenvalue weighted by molar-refractivity contribution is 7.99. The molecule has 0 radical (unpaired) electrons. The van der Waals surface area contributed by atoms with Crippen molar-refractivity contribution in [2.45, 2.75) is 32.4 Å². The smallest absolute Gasteiger partial charge is 0.408 e. The van der Waals surface area contributed by atoms with Gasteiger partial charge in [-0.1, -0.05) is 37.3 Å². The summed E-state index contributed by atoms with van der Waals surface area (Å²) in [4.78, 5) is 22.9. The Kier molecular flexibility index (Phi) is 10.7. The minimum absolute atomic E-state index is 0.114. The van der Waals surface area contributed by atoms with Crippen LogP contribution in [0.3, 0.4) is 0 Å². The van der Waals surface area contributed by atoms with Crippen molar-refractivity contribution >= 4 is 23.8 Å². The van der Waals surface area contributed by atoms with Crippen LogP contribution in [0.1, 0.15) is 25.3 Å². The molecule has 1 unspecified atom stereocenters. The zero-order chi connectivity index (χ0) is 17.6. The molecule has 1 aromatic carbocycles. The summed E-state index contributed by atoms with van der Waals surface area (Å²) in [6, 6.07) is 8.28. The average Bonchev–Trinajstić information content (AvgIpc) is 2.59. The van der Waals surface area contributed by atoms with Crippen LogP contribution in [-0.2, 0) is 20.9 Å². The van der Waals surface area contributed by atoms with E-state index in [9.17, 15) is 14.7 Å². The summed E-state index contributed by atoms with van der Waals surface area (Å²) in [5.74, 6) is 0.380. The highest BCUT2D eigenvalue weighted by Gasteiger charge is 2.20. The molecular formula is C17H25NO5S. The monoisotopic (exact) mass is 355 g/mol. The third-order valence-corrected chi connectivity index (χ3v) is 4.05. The Hall–Kier alpha value is -1.73. The van der Waals surface area contributed by atoms with E-state index in [0.717, 1.165) is 24.3 Å². The molecule has 0 aromatic heterocycles. The van der Waals surface area contributed by atoms with Crippen molar-refractivity contribution in [3.63, 3.8) is 0 Å². The van der Waals surface area contributed by atoms with Crippen molar-refractivity contribution in [2.75, 3.05) is 24.7 Å². The normalized spacial score (nSPS) is 11.7. The van der Waals surface area contributed by atoms with E-state index in [1.165, 1.54) is 0 Å². The first-order valence-electron chi connectivity index (χ1n) is 7.99. The number of aliphatic carboxylic acids is 1. The first-order valence-corrected chi connectivity index (χ1v) is 9.14. The Labute approximate surface area is 146 Å². The molecule has 0 saturated heterocycles. The summed E-state index contributed by atoms with van der Waals surface area (Å²) in [5, 5.41) is 11.6. The number of hydrogen-bond donors (Lipinski definition) is 2. The molecule has 6 nitrogen and oxygen atoms in total. The molecular weight excluding hydrogens is 330 g/mol. The molecule has 0 aliphatic heterocycles. The van der Waals surface area contributed by atoms with Crippen molar-refractivity contribution in [1.82, 2.24) is 5.32 Å². The van der Waals surface area contributed by atoms with Gasteiger partial charge in [0.2, 0.25) is 0 Å². The van der Waals surface area contributed by atoms with E-state index in [-0.39, 0.29) is 6.61 Å². The maximum atomic E-state index is 11.7. The molecule has 0 saturated carbocycles. The molecule has 1 aromatic rings. The number of thioether (sulfide) groups is 1. The number of nitrogens with one attached hydrogen (secondary N) is 1. The van der Waals surface area contributed by atoms with Gasteiger partial charge < -0.3 is 19.9 Å². The Morgan fingerprint density at radius 1 is 1.21 bits per heavy atom. The Morgan fingerprint density at radius 3 is 2.62 bits per heavy atom. The van der Waals surface area contributed by atoms with Crippen LogP contribution >= 0.6 is 11.8 Å². The lowest BCUT2D eigenvalue weighted by Gasteiger charge is -2.14. The van der Waals surface area contributed by atoms with Crippen molar-refractivity contribution < 1.29 is 24.2 Å². The second kappa shape index (κ2) is 12.7. The van der Waals surface area contributed by atoms with Gasteiger partial charge in [-0.05, 0) is 24.2 Å². The average molecular weight is 355 g/mol. The molecule has 1 rings (SSSR count). The van der Waals surface area contributed by atoms with E-state index in [4.69, 9.17) is 9.47 Å². The number of carboxylic acid groups (broad SMARTS) is 1. The first-order chi connectivity index (χ1) is 11.6. The molecule has 2 N–H and O–H groups in total. The van der Waals surface area contributed by atoms with Gasteiger partial charge in [0.05, 0.1) is 6.61 Å². The minimum Gasteiger partial charge on any atom is -0.480 e. The number of carbonyl (C=O) groups excluding carboxylic acids is 1. The van der Waals surface area contributed by atoms with Crippen LogP contribution in [0.4, 0.5) is 4.79 Å². The summed E-state index contributed by atoms with van der Waals surface area (Å²) in [6.07, 6.45) is 0.608. The van der Waals surface area contributed by atoms with Crippen LogP contribution in [0.5, 0.6) is 0 Å². The lowest BCUT2D eigenvalue weighted by Crippen LogP contribution is -2.41. The molecule has 134 valence electrons. The second-order valence-electron chi connectivity index (χ2n) is 5.11. The second-order valence-corrected chi connectivity index (χ2v) is 6.34. The maximum absolute atomic E-state index is 11.7. The van der Waals surface area contributed by atoms with Gasteiger partial charge in [0.1, 0.15) is 12.6 Å². The molecule has 0 spiro atoms. The zero-order valence-electron chi connectivity index (χ0n) is 13.9. The van der Waals surface area contributed by atoms with Crippen LogP contribution in [-0.4, -0.2) is 47.9 Å². The van der Waals surface area contributed by atoms with Gasteiger partial charge in [-0.15, -0.1) is 0 Å². The van der Waals surface area contributed by atoms with E-state index < -0.39 is 18.1 Å². The number of ether oxygens (including phenoxy) is 2. The topological polar surface area (TPSA) is 84.9 Å². The lowest BCUT2D eigenvalue weighted by atomic mass is 10.2. The summed E-state index contributed by atoms with van der Waals surface area (Å²) in [7, 11) is 0. The largest absolute Gasteiger partial charge is 0.480 e. The zero-order valence-corrected chi connectivity index (χ0v) is 14.7.